The number of aliphatic hydroxyl groups excluding tert-OH is 1. The van der Waals surface area contributed by atoms with Crippen molar-refractivity contribution in [2.45, 2.75) is 24.3 Å². The number of aliphatic hydroxyl groups is 1. The maximum Gasteiger partial charge on any atom is 0.189 e. The van der Waals surface area contributed by atoms with E-state index >= 15 is 0 Å². The number of rotatable bonds is 3. The first-order chi connectivity index (χ1) is 12.1. The lowest BCUT2D eigenvalue weighted by molar-refractivity contribution is 0.0272. The topological polar surface area (TPSA) is 60.7 Å². The molecule has 0 amide bonds. The Balaban J connectivity index is 1.79. The fourth-order valence-electron chi connectivity index (χ4n) is 4.11. The maximum atomic E-state index is 13.3. The summed E-state index contributed by atoms with van der Waals surface area (Å²) in [6.07, 6.45) is 1.92. The van der Waals surface area contributed by atoms with Gasteiger partial charge >= 0.3 is 0 Å². The van der Waals surface area contributed by atoms with Gasteiger partial charge in [-0.3, -0.25) is 4.79 Å². The highest BCUT2D eigenvalue weighted by Crippen LogP contribution is 2.58. The zero-order valence-electron chi connectivity index (χ0n) is 14.3. The molecule has 6 heteroatoms. The monoisotopic (exact) mass is 359 g/mol. The molecule has 0 unspecified atom stereocenters. The first kappa shape index (κ1) is 16.5. The van der Waals surface area contributed by atoms with Crippen LogP contribution in [0.15, 0.2) is 36.5 Å². The molecule has 1 aromatic heterocycles. The average molecular weight is 359 g/mol. The fraction of sp³-hybridized carbons (Fsp3) is 0.421. The fourth-order valence-corrected chi connectivity index (χ4v) is 5.80. The highest BCUT2D eigenvalue weighted by Gasteiger charge is 2.58. The first-order valence-electron chi connectivity index (χ1n) is 8.33. The van der Waals surface area contributed by atoms with Gasteiger partial charge in [-0.25, -0.2) is 0 Å². The van der Waals surface area contributed by atoms with Gasteiger partial charge in [-0.1, -0.05) is 6.07 Å². The number of ether oxygens (including phenoxy) is 2. The molecule has 2 aliphatic rings. The van der Waals surface area contributed by atoms with Crippen molar-refractivity contribution in [3.05, 3.63) is 47.8 Å². The van der Waals surface area contributed by atoms with Crippen molar-refractivity contribution in [3.63, 3.8) is 0 Å². The van der Waals surface area contributed by atoms with Crippen molar-refractivity contribution in [2.24, 2.45) is 5.41 Å². The van der Waals surface area contributed by atoms with Gasteiger partial charge in [0.15, 0.2) is 17.3 Å². The number of aromatic nitrogens is 1. The van der Waals surface area contributed by atoms with E-state index < -0.39 is 11.5 Å². The van der Waals surface area contributed by atoms with Gasteiger partial charge in [0.1, 0.15) is 0 Å². The molecule has 0 radical (unpaired) electrons. The summed E-state index contributed by atoms with van der Waals surface area (Å²) in [4.78, 5) is 13.3. The molecule has 132 valence electrons. The molecule has 1 aromatic carbocycles. The summed E-state index contributed by atoms with van der Waals surface area (Å²) < 4.78 is 12.7. The van der Waals surface area contributed by atoms with Crippen molar-refractivity contribution >= 4 is 17.5 Å². The molecule has 1 N–H and O–H groups in total. The normalized spacial score (nSPS) is 28.2. The lowest BCUT2D eigenvalue weighted by atomic mass is 9.68. The number of carbonyl (C=O) groups is 1. The summed E-state index contributed by atoms with van der Waals surface area (Å²) in [5.74, 6) is 1.91. The molecule has 5 nitrogen and oxygen atoms in total. The van der Waals surface area contributed by atoms with Crippen LogP contribution >= 0.6 is 11.8 Å². The van der Waals surface area contributed by atoms with Crippen LogP contribution < -0.4 is 9.47 Å². The SMILES string of the molecule is COc1ccc([C@H]2SC[C@H](O)[C@@]23CCn2cccc2C3=O)cc1OC. The van der Waals surface area contributed by atoms with Crippen LogP contribution in [0, 0.1) is 5.41 Å². The Morgan fingerprint density at radius 1 is 1.24 bits per heavy atom. The van der Waals surface area contributed by atoms with Crippen LogP contribution in [0.2, 0.25) is 0 Å². The smallest absolute Gasteiger partial charge is 0.189 e. The summed E-state index contributed by atoms with van der Waals surface area (Å²) >= 11 is 1.65. The van der Waals surface area contributed by atoms with E-state index in [0.717, 1.165) is 12.1 Å². The number of benzene rings is 1. The van der Waals surface area contributed by atoms with Gasteiger partial charge in [0.2, 0.25) is 0 Å². The summed E-state index contributed by atoms with van der Waals surface area (Å²) in [6, 6.07) is 9.51. The van der Waals surface area contributed by atoms with E-state index in [1.165, 1.54) is 0 Å². The number of thioether (sulfide) groups is 1. The van der Waals surface area contributed by atoms with Crippen molar-refractivity contribution in [3.8, 4) is 11.5 Å². The summed E-state index contributed by atoms with van der Waals surface area (Å²) in [5.41, 5.74) is 0.907. The Labute approximate surface area is 150 Å². The molecular weight excluding hydrogens is 338 g/mol. The summed E-state index contributed by atoms with van der Waals surface area (Å²) in [6.45, 7) is 0.746. The van der Waals surface area contributed by atoms with Crippen LogP contribution in [0.4, 0.5) is 0 Å². The molecule has 1 saturated heterocycles. The molecule has 0 bridgehead atoms. The second kappa shape index (κ2) is 6.11. The van der Waals surface area contributed by atoms with Gasteiger partial charge in [0, 0.05) is 23.7 Å². The van der Waals surface area contributed by atoms with Crippen molar-refractivity contribution in [1.29, 1.82) is 0 Å². The summed E-state index contributed by atoms with van der Waals surface area (Å²) in [7, 11) is 3.21. The van der Waals surface area contributed by atoms with Crippen LogP contribution in [0.1, 0.15) is 27.7 Å². The molecule has 3 atom stereocenters. The van der Waals surface area contributed by atoms with Crippen molar-refractivity contribution in [1.82, 2.24) is 4.57 Å². The van der Waals surface area contributed by atoms with Crippen LogP contribution in [0.25, 0.3) is 0 Å². The third kappa shape index (κ3) is 2.31. The molecule has 25 heavy (non-hydrogen) atoms. The Kier molecular flexibility index (Phi) is 4.04. The van der Waals surface area contributed by atoms with Gasteiger partial charge in [-0.05, 0) is 36.2 Å². The standard InChI is InChI=1S/C19H21NO4S/c1-23-14-6-5-12(10-15(14)24-2)18-19(16(21)11-25-18)7-9-20-8-3-4-13(20)17(19)22/h3-6,8,10,16,18,21H,7,9,11H2,1-2H3/t16-,18+,19+/m0/s1. The minimum absolute atomic E-state index is 0.0426. The number of hydrogen-bond acceptors (Lipinski definition) is 5. The van der Waals surface area contributed by atoms with Gasteiger partial charge in [-0.2, -0.15) is 0 Å². The lowest BCUT2D eigenvalue weighted by Gasteiger charge is -2.39. The largest absolute Gasteiger partial charge is 0.493 e. The Bertz CT molecular complexity index is 818. The van der Waals surface area contributed by atoms with Gasteiger partial charge < -0.3 is 19.1 Å². The minimum atomic E-state index is -0.779. The van der Waals surface area contributed by atoms with Gasteiger partial charge in [0.05, 0.1) is 31.4 Å². The quantitative estimate of drug-likeness (QED) is 0.913. The average Bonchev–Trinajstić information content (AvgIpc) is 3.24. The number of methoxy groups -OCH3 is 2. The number of fused-ring (bicyclic) bond motifs is 1. The zero-order valence-corrected chi connectivity index (χ0v) is 15.1. The maximum absolute atomic E-state index is 13.3. The minimum Gasteiger partial charge on any atom is -0.493 e. The molecule has 1 spiro atoms. The number of aryl methyl sites for hydroxylation is 1. The van der Waals surface area contributed by atoms with E-state index in [1.54, 1.807) is 26.0 Å². The van der Waals surface area contributed by atoms with Crippen molar-refractivity contribution < 1.29 is 19.4 Å². The predicted octanol–water partition coefficient (Wildman–Crippen LogP) is 2.93. The molecule has 3 heterocycles. The molecule has 0 aliphatic carbocycles. The third-order valence-corrected chi connectivity index (χ3v) is 6.98. The lowest BCUT2D eigenvalue weighted by Crippen LogP contribution is -2.47. The van der Waals surface area contributed by atoms with Crippen LogP contribution in [0.3, 0.4) is 0 Å². The van der Waals surface area contributed by atoms with Crippen LogP contribution in [0.5, 0.6) is 11.5 Å². The first-order valence-corrected chi connectivity index (χ1v) is 9.38. The molecule has 0 saturated carbocycles. The van der Waals surface area contributed by atoms with Gasteiger partial charge in [0.25, 0.3) is 0 Å². The molecule has 1 fully saturated rings. The Morgan fingerprint density at radius 3 is 2.80 bits per heavy atom. The van der Waals surface area contributed by atoms with E-state index in [-0.39, 0.29) is 11.0 Å². The zero-order chi connectivity index (χ0) is 17.6. The van der Waals surface area contributed by atoms with E-state index in [0.29, 0.717) is 29.4 Å². The molecule has 4 rings (SSSR count). The highest BCUT2D eigenvalue weighted by molar-refractivity contribution is 7.99. The molecule has 2 aromatic rings. The second-order valence-corrected chi connectivity index (χ2v) is 7.69. The van der Waals surface area contributed by atoms with Gasteiger partial charge in [-0.15, -0.1) is 11.8 Å². The Hall–Kier alpha value is -1.92. The molecular formula is C19H21NO4S. The number of Topliss-reactive ketones (excluding diaryl/α,β-unsaturated/α-hetero) is 1. The van der Waals surface area contributed by atoms with Crippen LogP contribution in [-0.4, -0.2) is 41.5 Å². The number of ketones is 1. The number of carbonyl (C=O) groups excluding carboxylic acids is 1. The summed E-state index contributed by atoms with van der Waals surface area (Å²) in [5, 5.41) is 10.7. The second-order valence-electron chi connectivity index (χ2n) is 6.55. The van der Waals surface area contributed by atoms with E-state index in [4.69, 9.17) is 9.47 Å². The molecule has 2 aliphatic heterocycles. The van der Waals surface area contributed by atoms with E-state index in [9.17, 15) is 9.90 Å². The predicted molar refractivity (Wildman–Crippen MR) is 96.6 cm³/mol. The van der Waals surface area contributed by atoms with E-state index in [1.807, 2.05) is 41.1 Å². The number of nitrogens with zero attached hydrogens (tertiary/aromatic N) is 1. The third-order valence-electron chi connectivity index (χ3n) is 5.44. The van der Waals surface area contributed by atoms with E-state index in [2.05, 4.69) is 0 Å². The Morgan fingerprint density at radius 2 is 2.04 bits per heavy atom. The van der Waals surface area contributed by atoms with Crippen LogP contribution in [-0.2, 0) is 6.54 Å². The van der Waals surface area contributed by atoms with Crippen molar-refractivity contribution in [2.75, 3.05) is 20.0 Å². The number of hydrogen-bond donors (Lipinski definition) is 1. The highest BCUT2D eigenvalue weighted by atomic mass is 32.2.